The third-order valence-electron chi connectivity index (χ3n) is 4.67. The van der Waals surface area contributed by atoms with Gasteiger partial charge in [-0.1, -0.05) is 23.8 Å². The van der Waals surface area contributed by atoms with E-state index >= 15 is 0 Å². The third-order valence-corrected chi connectivity index (χ3v) is 4.67. The number of nitrogens with zero attached hydrogens (tertiary/aromatic N) is 3. The van der Waals surface area contributed by atoms with Gasteiger partial charge >= 0.3 is 0 Å². The van der Waals surface area contributed by atoms with Crippen molar-refractivity contribution in [1.29, 1.82) is 5.26 Å². The average molecular weight is 363 g/mol. The number of benzene rings is 1. The maximum absolute atomic E-state index is 13.1. The first-order chi connectivity index (χ1) is 12.9. The standard InChI is InChI=1S/C22H22FN3O/c1-14(2)9-10-26-16(4)15(3)20-11-19(12-24)25-22(21(20)26)27-13-17-5-7-18(23)8-6-17/h5-9,11H,10,13H2,1-4H3. The van der Waals surface area contributed by atoms with Crippen molar-refractivity contribution in [2.45, 2.75) is 40.8 Å². The van der Waals surface area contributed by atoms with Gasteiger partial charge in [-0.15, -0.1) is 0 Å². The molecule has 0 saturated carbocycles. The highest BCUT2D eigenvalue weighted by atomic mass is 19.1. The van der Waals surface area contributed by atoms with E-state index < -0.39 is 0 Å². The number of halogens is 1. The van der Waals surface area contributed by atoms with Crippen molar-refractivity contribution >= 4 is 10.9 Å². The van der Waals surface area contributed by atoms with Crippen LogP contribution in [0.3, 0.4) is 0 Å². The van der Waals surface area contributed by atoms with Crippen LogP contribution in [0.5, 0.6) is 5.88 Å². The summed E-state index contributed by atoms with van der Waals surface area (Å²) in [6.07, 6.45) is 2.15. The number of nitriles is 1. The first kappa shape index (κ1) is 18.7. The fourth-order valence-corrected chi connectivity index (χ4v) is 3.02. The molecule has 1 aromatic carbocycles. The van der Waals surface area contributed by atoms with Gasteiger partial charge in [-0.05, 0) is 57.0 Å². The summed E-state index contributed by atoms with van der Waals surface area (Å²) in [6.45, 7) is 9.19. The molecule has 0 saturated heterocycles. The number of rotatable bonds is 5. The van der Waals surface area contributed by atoms with E-state index in [-0.39, 0.29) is 12.4 Å². The van der Waals surface area contributed by atoms with Crippen molar-refractivity contribution in [3.05, 3.63) is 70.3 Å². The van der Waals surface area contributed by atoms with Crippen LogP contribution in [-0.4, -0.2) is 9.55 Å². The van der Waals surface area contributed by atoms with Crippen LogP contribution >= 0.6 is 0 Å². The molecule has 5 heteroatoms. The van der Waals surface area contributed by atoms with E-state index in [2.05, 4.69) is 42.5 Å². The number of aromatic nitrogens is 2. The zero-order valence-corrected chi connectivity index (χ0v) is 16.0. The zero-order valence-electron chi connectivity index (χ0n) is 16.0. The van der Waals surface area contributed by atoms with Crippen molar-refractivity contribution in [1.82, 2.24) is 9.55 Å². The first-order valence-electron chi connectivity index (χ1n) is 8.82. The molecule has 0 N–H and O–H groups in total. The van der Waals surface area contributed by atoms with E-state index in [4.69, 9.17) is 4.74 Å². The zero-order chi connectivity index (χ0) is 19.6. The molecule has 138 valence electrons. The van der Waals surface area contributed by atoms with E-state index in [1.165, 1.54) is 17.7 Å². The van der Waals surface area contributed by atoms with Crippen molar-refractivity contribution in [3.63, 3.8) is 0 Å². The minimum absolute atomic E-state index is 0.253. The summed E-state index contributed by atoms with van der Waals surface area (Å²) in [5, 5.41) is 10.3. The van der Waals surface area contributed by atoms with Crippen LogP contribution in [0.4, 0.5) is 4.39 Å². The molecule has 0 aliphatic heterocycles. The van der Waals surface area contributed by atoms with Crippen LogP contribution in [0.25, 0.3) is 10.9 Å². The molecule has 0 aliphatic carbocycles. The van der Waals surface area contributed by atoms with Crippen LogP contribution in [-0.2, 0) is 13.2 Å². The van der Waals surface area contributed by atoms with Crippen LogP contribution < -0.4 is 4.74 Å². The van der Waals surface area contributed by atoms with Gasteiger partial charge < -0.3 is 9.30 Å². The molecule has 27 heavy (non-hydrogen) atoms. The van der Waals surface area contributed by atoms with Gasteiger partial charge in [0.25, 0.3) is 0 Å². The summed E-state index contributed by atoms with van der Waals surface area (Å²) in [4.78, 5) is 4.40. The highest BCUT2D eigenvalue weighted by Crippen LogP contribution is 2.32. The SMILES string of the molecule is CC(C)=CCn1c(C)c(C)c2cc(C#N)nc(OCc3ccc(F)cc3)c21. The molecule has 2 aromatic heterocycles. The molecule has 0 unspecified atom stereocenters. The normalized spacial score (nSPS) is 10.7. The predicted molar refractivity (Wildman–Crippen MR) is 104 cm³/mol. The molecule has 0 radical (unpaired) electrons. The molecule has 0 bridgehead atoms. The lowest BCUT2D eigenvalue weighted by Crippen LogP contribution is -2.04. The smallest absolute Gasteiger partial charge is 0.240 e. The summed E-state index contributed by atoms with van der Waals surface area (Å²) < 4.78 is 21.2. The van der Waals surface area contributed by atoms with Gasteiger partial charge in [0.05, 0.1) is 0 Å². The summed E-state index contributed by atoms with van der Waals surface area (Å²) in [7, 11) is 0. The highest BCUT2D eigenvalue weighted by molar-refractivity contribution is 5.90. The van der Waals surface area contributed by atoms with Crippen molar-refractivity contribution in [2.75, 3.05) is 0 Å². The van der Waals surface area contributed by atoms with Gasteiger partial charge in [-0.3, -0.25) is 0 Å². The highest BCUT2D eigenvalue weighted by Gasteiger charge is 2.18. The van der Waals surface area contributed by atoms with E-state index in [0.29, 0.717) is 18.1 Å². The Morgan fingerprint density at radius 3 is 2.59 bits per heavy atom. The average Bonchev–Trinajstić information content (AvgIpc) is 2.90. The van der Waals surface area contributed by atoms with Crippen molar-refractivity contribution in [2.24, 2.45) is 0 Å². The number of fused-ring (bicyclic) bond motifs is 1. The Labute approximate surface area is 158 Å². The van der Waals surface area contributed by atoms with Crippen LogP contribution in [0.2, 0.25) is 0 Å². The number of hydrogen-bond donors (Lipinski definition) is 0. The topological polar surface area (TPSA) is 50.8 Å². The number of ether oxygens (including phenoxy) is 1. The van der Waals surface area contributed by atoms with Crippen molar-refractivity contribution in [3.8, 4) is 11.9 Å². The quantitative estimate of drug-likeness (QED) is 0.585. The minimum atomic E-state index is -0.285. The largest absolute Gasteiger partial charge is 0.471 e. The van der Waals surface area contributed by atoms with E-state index in [1.54, 1.807) is 18.2 Å². The van der Waals surface area contributed by atoms with E-state index in [1.807, 2.05) is 6.92 Å². The lowest BCUT2D eigenvalue weighted by molar-refractivity contribution is 0.296. The molecule has 4 nitrogen and oxygen atoms in total. The van der Waals surface area contributed by atoms with Gasteiger partial charge in [0.15, 0.2) is 0 Å². The Hall–Kier alpha value is -3.13. The number of hydrogen-bond acceptors (Lipinski definition) is 3. The molecule has 0 fully saturated rings. The number of aryl methyl sites for hydroxylation is 1. The Kier molecular flexibility index (Phi) is 5.27. The molecule has 3 aromatic rings. The van der Waals surface area contributed by atoms with Crippen LogP contribution in [0.1, 0.15) is 36.4 Å². The molecule has 0 aliphatic rings. The van der Waals surface area contributed by atoms with Crippen LogP contribution in [0.15, 0.2) is 42.0 Å². The fourth-order valence-electron chi connectivity index (χ4n) is 3.02. The molecular formula is C22H22FN3O. The summed E-state index contributed by atoms with van der Waals surface area (Å²) in [5.74, 6) is 0.138. The maximum Gasteiger partial charge on any atom is 0.240 e. The Morgan fingerprint density at radius 1 is 1.26 bits per heavy atom. The summed E-state index contributed by atoms with van der Waals surface area (Å²) in [5.41, 5.74) is 5.49. The predicted octanol–water partition coefficient (Wildman–Crippen LogP) is 5.21. The third kappa shape index (κ3) is 3.85. The molecule has 2 heterocycles. The van der Waals surface area contributed by atoms with Gasteiger partial charge in [0.2, 0.25) is 5.88 Å². The molecule has 0 atom stereocenters. The van der Waals surface area contributed by atoms with Gasteiger partial charge in [-0.25, -0.2) is 9.37 Å². The molecule has 3 rings (SSSR count). The minimum Gasteiger partial charge on any atom is -0.471 e. The Balaban J connectivity index is 2.08. The van der Waals surface area contributed by atoms with Crippen LogP contribution in [0, 0.1) is 31.0 Å². The second-order valence-corrected chi connectivity index (χ2v) is 6.84. The van der Waals surface area contributed by atoms with Crippen molar-refractivity contribution < 1.29 is 9.13 Å². The number of allylic oxidation sites excluding steroid dienone is 2. The monoisotopic (exact) mass is 363 g/mol. The Bertz CT molecular complexity index is 1050. The van der Waals surface area contributed by atoms with Gasteiger partial charge in [0.1, 0.15) is 29.7 Å². The first-order valence-corrected chi connectivity index (χ1v) is 8.82. The summed E-state index contributed by atoms with van der Waals surface area (Å²) >= 11 is 0. The fraction of sp³-hybridized carbons (Fsp3) is 0.273. The molecule has 0 amide bonds. The van der Waals surface area contributed by atoms with E-state index in [0.717, 1.165) is 27.7 Å². The van der Waals surface area contributed by atoms with E-state index in [9.17, 15) is 9.65 Å². The van der Waals surface area contributed by atoms with Gasteiger partial charge in [-0.2, -0.15) is 5.26 Å². The Morgan fingerprint density at radius 2 is 1.96 bits per heavy atom. The summed E-state index contributed by atoms with van der Waals surface area (Å²) in [6, 6.07) is 10.1. The van der Waals surface area contributed by atoms with Gasteiger partial charge in [0, 0.05) is 17.6 Å². The lowest BCUT2D eigenvalue weighted by atomic mass is 10.1. The number of pyridine rings is 1. The molecular weight excluding hydrogens is 341 g/mol. The molecule has 0 spiro atoms. The second kappa shape index (κ2) is 7.63. The lowest BCUT2D eigenvalue weighted by Gasteiger charge is -2.11. The maximum atomic E-state index is 13.1. The second-order valence-electron chi connectivity index (χ2n) is 6.84.